The van der Waals surface area contributed by atoms with Crippen LogP contribution in [0.4, 0.5) is 0 Å². The molecule has 0 radical (unpaired) electrons. The Morgan fingerprint density at radius 1 is 1.39 bits per heavy atom. The molecule has 1 unspecified atom stereocenters. The third-order valence-electron chi connectivity index (χ3n) is 4.40. The molecule has 0 spiro atoms. The number of carbonyl (C=O) groups is 1. The molecule has 2 N–H and O–H groups in total. The van der Waals surface area contributed by atoms with Crippen molar-refractivity contribution in [2.45, 2.75) is 63.6 Å². The summed E-state index contributed by atoms with van der Waals surface area (Å²) in [4.78, 5) is 14.1. The number of nitrogens with zero attached hydrogens (tertiary/aromatic N) is 1. The highest BCUT2D eigenvalue weighted by molar-refractivity contribution is 5.80. The van der Waals surface area contributed by atoms with Crippen molar-refractivity contribution in [3.05, 3.63) is 0 Å². The highest BCUT2D eigenvalue weighted by atomic mass is 16.4. The Bertz CT molecular complexity index is 311. The van der Waals surface area contributed by atoms with Crippen molar-refractivity contribution in [3.63, 3.8) is 0 Å². The minimum atomic E-state index is -0.738. The third kappa shape index (κ3) is 2.69. The third-order valence-corrected chi connectivity index (χ3v) is 4.40. The van der Waals surface area contributed by atoms with Gasteiger partial charge in [-0.05, 0) is 52.5 Å². The Kier molecular flexibility index (Phi) is 3.97. The number of likely N-dealkylation sites (N-methyl/N-ethyl adjacent to an activating group) is 1. The summed E-state index contributed by atoms with van der Waals surface area (Å²) in [5, 5.41) is 13.1. The SMILES string of the molecule is CC(C)NC(CN(C)C1CCC1)(C(=O)O)C1CC1. The van der Waals surface area contributed by atoms with Crippen LogP contribution in [0.25, 0.3) is 0 Å². The number of hydrogen-bond donors (Lipinski definition) is 2. The number of nitrogens with one attached hydrogen (secondary N) is 1. The largest absolute Gasteiger partial charge is 0.480 e. The lowest BCUT2D eigenvalue weighted by Gasteiger charge is -2.42. The van der Waals surface area contributed by atoms with Crippen LogP contribution in [-0.2, 0) is 4.79 Å². The number of carboxylic acid groups (broad SMARTS) is 1. The maximum Gasteiger partial charge on any atom is 0.325 e. The van der Waals surface area contributed by atoms with Crippen LogP contribution in [0.1, 0.15) is 46.0 Å². The molecule has 2 fully saturated rings. The van der Waals surface area contributed by atoms with Gasteiger partial charge in [-0.3, -0.25) is 10.1 Å². The standard InChI is InChI=1S/C14H26N2O2/c1-10(2)15-14(13(17)18,11-7-8-11)9-16(3)12-5-4-6-12/h10-12,15H,4-9H2,1-3H3,(H,17,18). The van der Waals surface area contributed by atoms with E-state index in [-0.39, 0.29) is 6.04 Å². The van der Waals surface area contributed by atoms with Crippen LogP contribution in [0.2, 0.25) is 0 Å². The Morgan fingerprint density at radius 2 is 2.00 bits per heavy atom. The van der Waals surface area contributed by atoms with E-state index < -0.39 is 11.5 Å². The zero-order valence-electron chi connectivity index (χ0n) is 11.8. The Balaban J connectivity index is 2.08. The summed E-state index contributed by atoms with van der Waals surface area (Å²) in [6.07, 6.45) is 5.82. The molecule has 0 bridgehead atoms. The first-order valence-corrected chi connectivity index (χ1v) is 7.17. The van der Waals surface area contributed by atoms with Crippen LogP contribution in [0.5, 0.6) is 0 Å². The normalized spacial score (nSPS) is 24.1. The van der Waals surface area contributed by atoms with Gasteiger partial charge in [-0.2, -0.15) is 0 Å². The van der Waals surface area contributed by atoms with Gasteiger partial charge in [0.1, 0.15) is 5.54 Å². The molecule has 0 aromatic carbocycles. The minimum absolute atomic E-state index is 0.205. The average Bonchev–Trinajstić information content (AvgIpc) is 2.94. The van der Waals surface area contributed by atoms with E-state index in [0.29, 0.717) is 18.5 Å². The number of aliphatic carboxylic acids is 1. The van der Waals surface area contributed by atoms with E-state index in [1.165, 1.54) is 19.3 Å². The van der Waals surface area contributed by atoms with Gasteiger partial charge in [0.25, 0.3) is 0 Å². The molecule has 2 saturated carbocycles. The summed E-state index contributed by atoms with van der Waals surface area (Å²) in [5.41, 5.74) is -0.738. The molecule has 2 aliphatic carbocycles. The minimum Gasteiger partial charge on any atom is -0.480 e. The lowest BCUT2D eigenvalue weighted by Crippen LogP contribution is -2.63. The summed E-state index contributed by atoms with van der Waals surface area (Å²) < 4.78 is 0. The smallest absolute Gasteiger partial charge is 0.325 e. The monoisotopic (exact) mass is 254 g/mol. The van der Waals surface area contributed by atoms with Gasteiger partial charge in [0.15, 0.2) is 0 Å². The van der Waals surface area contributed by atoms with Crippen LogP contribution in [0.15, 0.2) is 0 Å². The molecule has 0 aliphatic heterocycles. The predicted octanol–water partition coefficient (Wildman–Crippen LogP) is 1.70. The number of rotatable bonds is 7. The zero-order valence-corrected chi connectivity index (χ0v) is 11.8. The first-order chi connectivity index (χ1) is 8.45. The molecule has 1 atom stereocenters. The van der Waals surface area contributed by atoms with Crippen LogP contribution in [0, 0.1) is 5.92 Å². The summed E-state index contributed by atoms with van der Waals surface area (Å²) in [6, 6.07) is 0.799. The maximum atomic E-state index is 11.8. The van der Waals surface area contributed by atoms with Crippen molar-refractivity contribution in [1.82, 2.24) is 10.2 Å². The van der Waals surface area contributed by atoms with Gasteiger partial charge in [-0.15, -0.1) is 0 Å². The van der Waals surface area contributed by atoms with Gasteiger partial charge in [0.05, 0.1) is 0 Å². The van der Waals surface area contributed by atoms with E-state index in [1.807, 2.05) is 13.8 Å². The Morgan fingerprint density at radius 3 is 2.33 bits per heavy atom. The molecule has 4 nitrogen and oxygen atoms in total. The van der Waals surface area contributed by atoms with Gasteiger partial charge in [0, 0.05) is 18.6 Å². The summed E-state index contributed by atoms with van der Waals surface area (Å²) in [6.45, 7) is 4.70. The second kappa shape index (κ2) is 5.17. The van der Waals surface area contributed by atoms with Gasteiger partial charge >= 0.3 is 5.97 Å². The zero-order chi connectivity index (χ0) is 13.3. The summed E-state index contributed by atoms with van der Waals surface area (Å²) in [5.74, 6) is -0.371. The van der Waals surface area contributed by atoms with E-state index in [9.17, 15) is 9.90 Å². The molecule has 18 heavy (non-hydrogen) atoms. The molecule has 0 aromatic rings. The quantitative estimate of drug-likeness (QED) is 0.726. The van der Waals surface area contributed by atoms with Gasteiger partial charge in [-0.1, -0.05) is 6.42 Å². The molecule has 0 aromatic heterocycles. The molecule has 104 valence electrons. The maximum absolute atomic E-state index is 11.8. The van der Waals surface area contributed by atoms with Crippen molar-refractivity contribution < 1.29 is 9.90 Å². The molecule has 4 heteroatoms. The fraction of sp³-hybridized carbons (Fsp3) is 0.929. The molecular formula is C14H26N2O2. The van der Waals surface area contributed by atoms with E-state index in [2.05, 4.69) is 17.3 Å². The van der Waals surface area contributed by atoms with Crippen molar-refractivity contribution in [2.75, 3.05) is 13.6 Å². The van der Waals surface area contributed by atoms with Crippen LogP contribution >= 0.6 is 0 Å². The Hall–Kier alpha value is -0.610. The van der Waals surface area contributed by atoms with Gasteiger partial charge in [0.2, 0.25) is 0 Å². The van der Waals surface area contributed by atoms with E-state index in [0.717, 1.165) is 12.8 Å². The van der Waals surface area contributed by atoms with Crippen molar-refractivity contribution in [3.8, 4) is 0 Å². The van der Waals surface area contributed by atoms with Crippen LogP contribution in [-0.4, -0.2) is 47.2 Å². The molecule has 0 saturated heterocycles. The highest BCUT2D eigenvalue weighted by Gasteiger charge is 2.52. The molecular weight excluding hydrogens is 228 g/mol. The number of carboxylic acids is 1. The Labute approximate surface area is 110 Å². The predicted molar refractivity (Wildman–Crippen MR) is 71.6 cm³/mol. The number of hydrogen-bond acceptors (Lipinski definition) is 3. The van der Waals surface area contributed by atoms with Crippen LogP contribution in [0.3, 0.4) is 0 Å². The molecule has 0 heterocycles. The first kappa shape index (κ1) is 13.8. The summed E-state index contributed by atoms with van der Waals surface area (Å²) in [7, 11) is 2.08. The summed E-state index contributed by atoms with van der Waals surface area (Å²) >= 11 is 0. The van der Waals surface area contributed by atoms with Crippen LogP contribution < -0.4 is 5.32 Å². The lowest BCUT2D eigenvalue weighted by molar-refractivity contribution is -0.147. The lowest BCUT2D eigenvalue weighted by atomic mass is 9.87. The van der Waals surface area contributed by atoms with Crippen molar-refractivity contribution in [1.29, 1.82) is 0 Å². The van der Waals surface area contributed by atoms with Gasteiger partial charge < -0.3 is 10.0 Å². The first-order valence-electron chi connectivity index (χ1n) is 7.17. The molecule has 2 rings (SSSR count). The second-order valence-electron chi connectivity index (χ2n) is 6.35. The van der Waals surface area contributed by atoms with E-state index in [1.54, 1.807) is 0 Å². The van der Waals surface area contributed by atoms with Gasteiger partial charge in [-0.25, -0.2) is 0 Å². The second-order valence-corrected chi connectivity index (χ2v) is 6.35. The molecule has 2 aliphatic rings. The average molecular weight is 254 g/mol. The van der Waals surface area contributed by atoms with E-state index >= 15 is 0 Å². The fourth-order valence-corrected chi connectivity index (χ4v) is 3.04. The van der Waals surface area contributed by atoms with E-state index in [4.69, 9.17) is 0 Å². The molecule has 0 amide bonds. The fourth-order valence-electron chi connectivity index (χ4n) is 3.04. The van der Waals surface area contributed by atoms with Crippen molar-refractivity contribution in [2.24, 2.45) is 5.92 Å². The topological polar surface area (TPSA) is 52.6 Å². The highest BCUT2D eigenvalue weighted by Crippen LogP contribution is 2.41. The van der Waals surface area contributed by atoms with Crippen molar-refractivity contribution >= 4 is 5.97 Å².